The highest BCUT2D eigenvalue weighted by Crippen LogP contribution is 2.37. The first-order valence-corrected chi connectivity index (χ1v) is 8.40. The van der Waals surface area contributed by atoms with Crippen LogP contribution in [0.2, 0.25) is 0 Å². The maximum absolute atomic E-state index is 12.3. The Morgan fingerprint density at radius 3 is 3.12 bits per heavy atom. The molecule has 4 heterocycles. The zero-order valence-electron chi connectivity index (χ0n) is 13.8. The summed E-state index contributed by atoms with van der Waals surface area (Å²) >= 11 is 0. The molecule has 0 spiro atoms. The van der Waals surface area contributed by atoms with Gasteiger partial charge in [0.2, 0.25) is 11.8 Å². The van der Waals surface area contributed by atoms with E-state index in [0.717, 1.165) is 25.3 Å². The molecule has 0 unspecified atom stereocenters. The van der Waals surface area contributed by atoms with Crippen LogP contribution in [0.4, 0.5) is 5.82 Å². The third-order valence-electron chi connectivity index (χ3n) is 5.07. The molecular formula is C16H22N4O4. The first-order valence-electron chi connectivity index (χ1n) is 8.40. The van der Waals surface area contributed by atoms with Crippen LogP contribution in [0.15, 0.2) is 12.4 Å². The van der Waals surface area contributed by atoms with Gasteiger partial charge < -0.3 is 14.4 Å². The highest BCUT2D eigenvalue weighted by Gasteiger charge is 2.45. The summed E-state index contributed by atoms with van der Waals surface area (Å²) < 4.78 is 11.1. The van der Waals surface area contributed by atoms with Crippen LogP contribution in [-0.4, -0.2) is 67.0 Å². The second-order valence-corrected chi connectivity index (χ2v) is 6.51. The van der Waals surface area contributed by atoms with Crippen molar-refractivity contribution in [2.45, 2.75) is 18.9 Å². The van der Waals surface area contributed by atoms with Gasteiger partial charge in [-0.05, 0) is 12.3 Å². The molecule has 24 heavy (non-hydrogen) atoms. The summed E-state index contributed by atoms with van der Waals surface area (Å²) in [7, 11) is 1.59. The SMILES string of the molecule is COc1cc(N2C[C@@H]3[C@@H](CC(=O)N4CCCO4)CO[C@@H]3C2)ncn1. The lowest BCUT2D eigenvalue weighted by Crippen LogP contribution is -2.31. The Morgan fingerprint density at radius 1 is 1.42 bits per heavy atom. The van der Waals surface area contributed by atoms with E-state index in [1.165, 1.54) is 11.4 Å². The van der Waals surface area contributed by atoms with Gasteiger partial charge in [-0.3, -0.25) is 9.63 Å². The number of anilines is 1. The third-order valence-corrected chi connectivity index (χ3v) is 5.07. The van der Waals surface area contributed by atoms with Gasteiger partial charge in [-0.1, -0.05) is 0 Å². The molecule has 0 saturated carbocycles. The van der Waals surface area contributed by atoms with Gasteiger partial charge in [0.15, 0.2) is 0 Å². The van der Waals surface area contributed by atoms with Crippen molar-refractivity contribution in [1.29, 1.82) is 0 Å². The molecule has 130 valence electrons. The molecule has 1 amide bonds. The number of aromatic nitrogens is 2. The minimum absolute atomic E-state index is 0.0731. The zero-order chi connectivity index (χ0) is 16.5. The van der Waals surface area contributed by atoms with Crippen LogP contribution < -0.4 is 9.64 Å². The summed E-state index contributed by atoms with van der Waals surface area (Å²) in [5.41, 5.74) is 0. The van der Waals surface area contributed by atoms with Gasteiger partial charge in [0, 0.05) is 31.5 Å². The molecule has 0 N–H and O–H groups in total. The number of ether oxygens (including phenoxy) is 2. The van der Waals surface area contributed by atoms with E-state index in [1.807, 2.05) is 6.07 Å². The van der Waals surface area contributed by atoms with E-state index in [1.54, 1.807) is 7.11 Å². The predicted molar refractivity (Wildman–Crippen MR) is 84.4 cm³/mol. The topological polar surface area (TPSA) is 77.0 Å². The second kappa shape index (κ2) is 6.52. The van der Waals surface area contributed by atoms with Crippen molar-refractivity contribution in [3.05, 3.63) is 12.4 Å². The van der Waals surface area contributed by atoms with Gasteiger partial charge >= 0.3 is 0 Å². The van der Waals surface area contributed by atoms with Gasteiger partial charge in [-0.2, -0.15) is 0 Å². The number of fused-ring (bicyclic) bond motifs is 1. The smallest absolute Gasteiger partial charge is 0.246 e. The van der Waals surface area contributed by atoms with Crippen molar-refractivity contribution in [3.8, 4) is 5.88 Å². The second-order valence-electron chi connectivity index (χ2n) is 6.51. The molecule has 1 aromatic heterocycles. The Morgan fingerprint density at radius 2 is 2.33 bits per heavy atom. The Labute approximate surface area is 140 Å². The lowest BCUT2D eigenvalue weighted by molar-refractivity contribution is -0.170. The van der Waals surface area contributed by atoms with Crippen LogP contribution in [0.25, 0.3) is 0 Å². The van der Waals surface area contributed by atoms with Gasteiger partial charge in [-0.25, -0.2) is 15.0 Å². The average molecular weight is 334 g/mol. The summed E-state index contributed by atoms with van der Waals surface area (Å²) in [5, 5.41) is 1.51. The Kier molecular flexibility index (Phi) is 4.24. The first kappa shape index (κ1) is 15.6. The molecule has 8 heteroatoms. The quantitative estimate of drug-likeness (QED) is 0.793. The molecule has 1 aromatic rings. The Hall–Kier alpha value is -1.93. The predicted octanol–water partition coefficient (Wildman–Crippen LogP) is 0.490. The van der Waals surface area contributed by atoms with E-state index >= 15 is 0 Å². The minimum atomic E-state index is 0.0731. The summed E-state index contributed by atoms with van der Waals surface area (Å²) in [5.74, 6) is 2.05. The number of amides is 1. The van der Waals surface area contributed by atoms with Crippen molar-refractivity contribution in [1.82, 2.24) is 15.0 Å². The molecule has 3 atom stereocenters. The Balaban J connectivity index is 1.40. The molecule has 3 fully saturated rings. The number of rotatable bonds is 4. The largest absolute Gasteiger partial charge is 0.481 e. The van der Waals surface area contributed by atoms with Crippen molar-refractivity contribution in [2.24, 2.45) is 11.8 Å². The van der Waals surface area contributed by atoms with E-state index in [2.05, 4.69) is 14.9 Å². The fraction of sp³-hybridized carbons (Fsp3) is 0.688. The fourth-order valence-electron chi connectivity index (χ4n) is 3.78. The summed E-state index contributed by atoms with van der Waals surface area (Å²) in [6.07, 6.45) is 3.07. The van der Waals surface area contributed by atoms with E-state index in [-0.39, 0.29) is 17.9 Å². The summed E-state index contributed by atoms with van der Waals surface area (Å²) in [4.78, 5) is 28.2. The van der Waals surface area contributed by atoms with E-state index in [9.17, 15) is 4.79 Å². The molecule has 8 nitrogen and oxygen atoms in total. The number of hydrogen-bond donors (Lipinski definition) is 0. The lowest BCUT2D eigenvalue weighted by atomic mass is 9.90. The number of methoxy groups -OCH3 is 1. The van der Waals surface area contributed by atoms with Crippen molar-refractivity contribution >= 4 is 11.7 Å². The monoisotopic (exact) mass is 334 g/mol. The highest BCUT2D eigenvalue weighted by molar-refractivity contribution is 5.75. The maximum atomic E-state index is 12.3. The molecule has 0 aromatic carbocycles. The number of hydrogen-bond acceptors (Lipinski definition) is 7. The molecular weight excluding hydrogens is 312 g/mol. The van der Waals surface area contributed by atoms with Crippen molar-refractivity contribution < 1.29 is 19.1 Å². The number of carbonyl (C=O) groups is 1. The molecule has 4 rings (SSSR count). The van der Waals surface area contributed by atoms with Crippen LogP contribution in [0.3, 0.4) is 0 Å². The average Bonchev–Trinajstić information content (AvgIpc) is 3.33. The van der Waals surface area contributed by atoms with Crippen molar-refractivity contribution in [2.75, 3.05) is 44.9 Å². The van der Waals surface area contributed by atoms with Gasteiger partial charge in [0.25, 0.3) is 0 Å². The number of carbonyl (C=O) groups excluding carboxylic acids is 1. The van der Waals surface area contributed by atoms with Gasteiger partial charge in [0.05, 0.1) is 33.0 Å². The first-order chi connectivity index (χ1) is 11.7. The van der Waals surface area contributed by atoms with E-state index in [4.69, 9.17) is 14.3 Å². The Bertz CT molecular complexity index is 607. The third kappa shape index (κ3) is 2.91. The van der Waals surface area contributed by atoms with E-state index < -0.39 is 0 Å². The van der Waals surface area contributed by atoms with Crippen LogP contribution >= 0.6 is 0 Å². The van der Waals surface area contributed by atoms with Crippen LogP contribution in [0.1, 0.15) is 12.8 Å². The molecule has 0 radical (unpaired) electrons. The van der Waals surface area contributed by atoms with E-state index in [0.29, 0.717) is 38.0 Å². The molecule has 3 aliphatic heterocycles. The summed E-state index contributed by atoms with van der Waals surface area (Å²) in [6, 6.07) is 1.83. The lowest BCUT2D eigenvalue weighted by Gasteiger charge is -2.21. The van der Waals surface area contributed by atoms with Gasteiger partial charge in [0.1, 0.15) is 12.1 Å². The zero-order valence-corrected chi connectivity index (χ0v) is 13.8. The highest BCUT2D eigenvalue weighted by atomic mass is 16.7. The standard InChI is InChI=1S/C16H22N4O4/c1-22-15-6-14(17-10-18-15)19-7-12-11(9-23-13(12)8-19)5-16(21)20-3-2-4-24-20/h6,10-13H,2-5,7-9H2,1H3/t11-,12+,13+/m0/s1. The number of nitrogens with zero attached hydrogens (tertiary/aromatic N) is 4. The molecule has 0 aliphatic carbocycles. The number of hydroxylamine groups is 2. The fourth-order valence-corrected chi connectivity index (χ4v) is 3.78. The maximum Gasteiger partial charge on any atom is 0.246 e. The van der Waals surface area contributed by atoms with Crippen LogP contribution in [0, 0.1) is 11.8 Å². The molecule has 3 saturated heterocycles. The normalized spacial score (nSPS) is 29.1. The van der Waals surface area contributed by atoms with Crippen molar-refractivity contribution in [3.63, 3.8) is 0 Å². The molecule has 3 aliphatic rings. The van der Waals surface area contributed by atoms with Gasteiger partial charge in [-0.15, -0.1) is 0 Å². The minimum Gasteiger partial charge on any atom is -0.481 e. The van der Waals surface area contributed by atoms with Crippen LogP contribution in [0.5, 0.6) is 5.88 Å². The summed E-state index contributed by atoms with van der Waals surface area (Å²) in [6.45, 7) is 3.62. The van der Waals surface area contributed by atoms with Crippen LogP contribution in [-0.2, 0) is 14.4 Å². The molecule has 0 bridgehead atoms.